The lowest BCUT2D eigenvalue weighted by atomic mass is 10.2. The van der Waals surface area contributed by atoms with E-state index in [0.717, 1.165) is 5.76 Å². The monoisotopic (exact) mass is 290 g/mol. The van der Waals surface area contributed by atoms with Gasteiger partial charge in [0.2, 0.25) is 0 Å². The van der Waals surface area contributed by atoms with Gasteiger partial charge in [-0.2, -0.15) is 0 Å². The molecule has 0 aliphatic rings. The van der Waals surface area contributed by atoms with E-state index >= 15 is 0 Å². The van der Waals surface area contributed by atoms with Crippen molar-refractivity contribution in [3.8, 4) is 0 Å². The number of furan rings is 1. The number of hydrogen-bond acceptors (Lipinski definition) is 4. The number of amides is 2. The van der Waals surface area contributed by atoms with E-state index in [1.54, 1.807) is 6.07 Å². The smallest absolute Gasteiger partial charge is 0.272 e. The molecule has 7 heteroatoms. The standard InChI is InChI=1S/C14H18N4O3/c1-8(2)18-14(20)12-11(16-7-17-12)13(19)15-6-10-5-4-9(3)21-10/h4-5,7-8H,6H2,1-3H3,(H,15,19)(H,16,17)(H,18,20). The van der Waals surface area contributed by atoms with Crippen LogP contribution in [-0.2, 0) is 6.54 Å². The molecule has 2 aromatic heterocycles. The van der Waals surface area contributed by atoms with Gasteiger partial charge in [0.15, 0.2) is 5.69 Å². The molecule has 0 saturated carbocycles. The molecule has 0 radical (unpaired) electrons. The van der Waals surface area contributed by atoms with E-state index in [9.17, 15) is 9.59 Å². The van der Waals surface area contributed by atoms with Crippen LogP contribution in [0.5, 0.6) is 0 Å². The fourth-order valence-electron chi connectivity index (χ4n) is 1.81. The number of rotatable bonds is 5. The minimum Gasteiger partial charge on any atom is -0.465 e. The van der Waals surface area contributed by atoms with E-state index in [0.29, 0.717) is 5.76 Å². The molecule has 2 amide bonds. The molecule has 0 aliphatic carbocycles. The van der Waals surface area contributed by atoms with Crippen LogP contribution in [0.2, 0.25) is 0 Å². The number of carbonyl (C=O) groups is 2. The Kier molecular flexibility index (Phi) is 4.42. The van der Waals surface area contributed by atoms with Crippen LogP contribution < -0.4 is 10.6 Å². The molecule has 3 N–H and O–H groups in total. The van der Waals surface area contributed by atoms with Gasteiger partial charge in [0.1, 0.15) is 17.2 Å². The summed E-state index contributed by atoms with van der Waals surface area (Å²) in [5, 5.41) is 5.38. The number of aryl methyl sites for hydroxylation is 1. The van der Waals surface area contributed by atoms with Crippen LogP contribution in [0, 0.1) is 6.92 Å². The molecule has 0 spiro atoms. The summed E-state index contributed by atoms with van der Waals surface area (Å²) in [5.74, 6) is 0.632. The van der Waals surface area contributed by atoms with E-state index in [1.165, 1.54) is 6.33 Å². The number of nitrogens with zero attached hydrogens (tertiary/aromatic N) is 1. The minimum absolute atomic E-state index is 0.0313. The zero-order valence-electron chi connectivity index (χ0n) is 12.2. The first-order valence-electron chi connectivity index (χ1n) is 6.65. The summed E-state index contributed by atoms with van der Waals surface area (Å²) in [6.07, 6.45) is 1.32. The second-order valence-electron chi connectivity index (χ2n) is 4.95. The normalized spacial score (nSPS) is 10.7. The zero-order valence-corrected chi connectivity index (χ0v) is 12.2. The Morgan fingerprint density at radius 2 is 2.10 bits per heavy atom. The molecule has 0 aromatic carbocycles. The predicted molar refractivity (Wildman–Crippen MR) is 75.8 cm³/mol. The lowest BCUT2D eigenvalue weighted by molar-refractivity contribution is 0.0905. The van der Waals surface area contributed by atoms with Crippen LogP contribution in [0.25, 0.3) is 0 Å². The number of H-pyrrole nitrogens is 1. The average molecular weight is 290 g/mol. The van der Waals surface area contributed by atoms with Crippen molar-refractivity contribution >= 4 is 11.8 Å². The fraction of sp³-hybridized carbons (Fsp3) is 0.357. The molecule has 0 aliphatic heterocycles. The van der Waals surface area contributed by atoms with Gasteiger partial charge in [-0.05, 0) is 32.9 Å². The maximum Gasteiger partial charge on any atom is 0.272 e. The van der Waals surface area contributed by atoms with E-state index in [-0.39, 0.29) is 29.9 Å². The minimum atomic E-state index is -0.407. The van der Waals surface area contributed by atoms with Crippen LogP contribution in [0.1, 0.15) is 46.3 Å². The molecule has 7 nitrogen and oxygen atoms in total. The highest BCUT2D eigenvalue weighted by Gasteiger charge is 2.20. The van der Waals surface area contributed by atoms with Gasteiger partial charge in [-0.15, -0.1) is 0 Å². The topological polar surface area (TPSA) is 100 Å². The highest BCUT2D eigenvalue weighted by molar-refractivity contribution is 6.04. The van der Waals surface area contributed by atoms with Crippen molar-refractivity contribution < 1.29 is 14.0 Å². The number of aromatic amines is 1. The van der Waals surface area contributed by atoms with Crippen LogP contribution in [0.15, 0.2) is 22.9 Å². The van der Waals surface area contributed by atoms with Gasteiger partial charge in [0.05, 0.1) is 12.9 Å². The largest absolute Gasteiger partial charge is 0.465 e. The molecule has 0 bridgehead atoms. The lowest BCUT2D eigenvalue weighted by Gasteiger charge is -2.08. The molecule has 21 heavy (non-hydrogen) atoms. The molecular formula is C14H18N4O3. The van der Waals surface area contributed by atoms with Gasteiger partial charge in [0.25, 0.3) is 11.8 Å². The number of nitrogens with one attached hydrogen (secondary N) is 3. The average Bonchev–Trinajstić information content (AvgIpc) is 3.03. The Morgan fingerprint density at radius 3 is 2.71 bits per heavy atom. The first-order chi connectivity index (χ1) is 9.97. The van der Waals surface area contributed by atoms with E-state index in [4.69, 9.17) is 4.42 Å². The third kappa shape index (κ3) is 3.71. The third-order valence-corrected chi connectivity index (χ3v) is 2.72. The van der Waals surface area contributed by atoms with Gasteiger partial charge >= 0.3 is 0 Å². The quantitative estimate of drug-likeness (QED) is 0.774. The van der Waals surface area contributed by atoms with Crippen molar-refractivity contribution in [1.29, 1.82) is 0 Å². The first-order valence-corrected chi connectivity index (χ1v) is 6.65. The Bertz CT molecular complexity index is 642. The summed E-state index contributed by atoms with van der Waals surface area (Å²) in [5.41, 5.74) is 0.216. The molecule has 2 heterocycles. The molecule has 2 aromatic rings. The van der Waals surface area contributed by atoms with Crippen molar-refractivity contribution in [1.82, 2.24) is 20.6 Å². The van der Waals surface area contributed by atoms with Crippen molar-refractivity contribution in [3.05, 3.63) is 41.4 Å². The number of aromatic nitrogens is 2. The second kappa shape index (κ2) is 6.25. The molecule has 0 saturated heterocycles. The van der Waals surface area contributed by atoms with Gasteiger partial charge < -0.3 is 20.0 Å². The van der Waals surface area contributed by atoms with Crippen molar-refractivity contribution in [2.24, 2.45) is 0 Å². The zero-order chi connectivity index (χ0) is 15.4. The fourth-order valence-corrected chi connectivity index (χ4v) is 1.81. The first kappa shape index (κ1) is 14.8. The van der Waals surface area contributed by atoms with Gasteiger partial charge in [-0.1, -0.05) is 0 Å². The number of carbonyl (C=O) groups excluding carboxylic acids is 2. The van der Waals surface area contributed by atoms with E-state index in [2.05, 4.69) is 20.6 Å². The van der Waals surface area contributed by atoms with E-state index in [1.807, 2.05) is 26.8 Å². The summed E-state index contributed by atoms with van der Waals surface area (Å²) in [6.45, 7) is 5.75. The lowest BCUT2D eigenvalue weighted by Crippen LogP contribution is -2.33. The van der Waals surface area contributed by atoms with E-state index < -0.39 is 5.91 Å². The van der Waals surface area contributed by atoms with Gasteiger partial charge in [0, 0.05) is 6.04 Å². The molecular weight excluding hydrogens is 272 g/mol. The summed E-state index contributed by atoms with van der Waals surface area (Å²) in [4.78, 5) is 30.6. The summed E-state index contributed by atoms with van der Waals surface area (Å²) in [6, 6.07) is 3.57. The highest BCUT2D eigenvalue weighted by Crippen LogP contribution is 2.07. The van der Waals surface area contributed by atoms with Crippen LogP contribution in [-0.4, -0.2) is 27.8 Å². The second-order valence-corrected chi connectivity index (χ2v) is 4.95. The van der Waals surface area contributed by atoms with Gasteiger partial charge in [-0.3, -0.25) is 9.59 Å². The van der Waals surface area contributed by atoms with Crippen LogP contribution >= 0.6 is 0 Å². The van der Waals surface area contributed by atoms with Crippen molar-refractivity contribution in [2.45, 2.75) is 33.4 Å². The molecule has 0 atom stereocenters. The van der Waals surface area contributed by atoms with Crippen molar-refractivity contribution in [2.75, 3.05) is 0 Å². The Hall–Kier alpha value is -2.57. The Balaban J connectivity index is 2.03. The SMILES string of the molecule is Cc1ccc(CNC(=O)c2[nH]cnc2C(=O)NC(C)C)o1. The van der Waals surface area contributed by atoms with Crippen LogP contribution in [0.4, 0.5) is 0 Å². The number of imidazole rings is 1. The van der Waals surface area contributed by atoms with Gasteiger partial charge in [-0.25, -0.2) is 4.98 Å². The Morgan fingerprint density at radius 1 is 1.33 bits per heavy atom. The molecule has 0 unspecified atom stereocenters. The predicted octanol–water partition coefficient (Wildman–Crippen LogP) is 1.38. The maximum absolute atomic E-state index is 12.1. The summed E-state index contributed by atoms with van der Waals surface area (Å²) < 4.78 is 5.36. The Labute approximate surface area is 122 Å². The van der Waals surface area contributed by atoms with Crippen LogP contribution in [0.3, 0.4) is 0 Å². The molecule has 2 rings (SSSR count). The molecule has 0 fully saturated rings. The third-order valence-electron chi connectivity index (χ3n) is 2.72. The molecule has 112 valence electrons. The summed E-state index contributed by atoms with van der Waals surface area (Å²) in [7, 11) is 0. The maximum atomic E-state index is 12.1. The van der Waals surface area contributed by atoms with Crippen molar-refractivity contribution in [3.63, 3.8) is 0 Å². The summed E-state index contributed by atoms with van der Waals surface area (Å²) >= 11 is 0. The highest BCUT2D eigenvalue weighted by atomic mass is 16.3. The number of hydrogen-bond donors (Lipinski definition) is 3.